The Bertz CT molecular complexity index is 1190. The van der Waals surface area contributed by atoms with Gasteiger partial charge in [-0.15, -0.1) is 10.2 Å². The summed E-state index contributed by atoms with van der Waals surface area (Å²) in [5, 5.41) is 14.4. The highest BCUT2D eigenvalue weighted by molar-refractivity contribution is 7.98. The van der Waals surface area contributed by atoms with E-state index in [0.717, 1.165) is 40.9 Å². The topological polar surface area (TPSA) is 78.9 Å². The molecule has 0 amide bonds. The average Bonchev–Trinajstić information content (AvgIpc) is 3.37. The normalized spacial score (nSPS) is 13.5. The van der Waals surface area contributed by atoms with Crippen LogP contribution < -0.4 is 4.74 Å². The van der Waals surface area contributed by atoms with Gasteiger partial charge in [0.1, 0.15) is 5.75 Å². The Balaban J connectivity index is 1.47. The molecule has 5 rings (SSSR count). The molecular weight excluding hydrogens is 434 g/mol. The van der Waals surface area contributed by atoms with Crippen molar-refractivity contribution in [1.29, 1.82) is 0 Å². The van der Waals surface area contributed by atoms with Crippen LogP contribution in [0.1, 0.15) is 37.4 Å². The van der Waals surface area contributed by atoms with Crippen molar-refractivity contribution >= 4 is 23.4 Å². The molecule has 0 N–H and O–H groups in total. The van der Waals surface area contributed by atoms with Crippen LogP contribution in [0.5, 0.6) is 5.75 Å². The highest BCUT2D eigenvalue weighted by Crippen LogP contribution is 2.39. The third-order valence-electron chi connectivity index (χ3n) is 4.86. The minimum Gasteiger partial charge on any atom is -0.494 e. The second kappa shape index (κ2) is 8.72. The summed E-state index contributed by atoms with van der Waals surface area (Å²) in [7, 11) is 0. The quantitative estimate of drug-likeness (QED) is 0.324. The predicted molar refractivity (Wildman–Crippen MR) is 119 cm³/mol. The van der Waals surface area contributed by atoms with Crippen molar-refractivity contribution in [1.82, 2.24) is 24.9 Å². The number of rotatable bonds is 8. The molecule has 1 fully saturated rings. The van der Waals surface area contributed by atoms with Gasteiger partial charge in [-0.1, -0.05) is 40.7 Å². The number of nitrogens with zero attached hydrogens (tertiary/aromatic N) is 5. The van der Waals surface area contributed by atoms with Gasteiger partial charge < -0.3 is 9.26 Å². The van der Waals surface area contributed by atoms with E-state index in [0.29, 0.717) is 34.9 Å². The van der Waals surface area contributed by atoms with Crippen molar-refractivity contribution in [3.8, 4) is 22.8 Å². The number of aromatic nitrogens is 5. The lowest BCUT2D eigenvalue weighted by atomic mass is 10.2. The number of ether oxygens (including phenoxy) is 1. The summed E-state index contributed by atoms with van der Waals surface area (Å²) in [6, 6.07) is 15.5. The fourth-order valence-electron chi connectivity index (χ4n) is 3.22. The van der Waals surface area contributed by atoms with Gasteiger partial charge in [0.05, 0.1) is 12.4 Å². The van der Waals surface area contributed by atoms with Crippen molar-refractivity contribution in [2.45, 2.75) is 36.6 Å². The minimum atomic E-state index is 0.438. The van der Waals surface area contributed by atoms with Crippen LogP contribution in [0.4, 0.5) is 0 Å². The van der Waals surface area contributed by atoms with Crippen LogP contribution in [0.3, 0.4) is 0 Å². The highest BCUT2D eigenvalue weighted by Gasteiger charge is 2.29. The summed E-state index contributed by atoms with van der Waals surface area (Å²) in [5.41, 5.74) is 1.81. The molecule has 1 aliphatic carbocycles. The number of benzene rings is 2. The fourth-order valence-corrected chi connectivity index (χ4v) is 4.21. The van der Waals surface area contributed by atoms with Crippen LogP contribution >= 0.6 is 23.4 Å². The van der Waals surface area contributed by atoms with Gasteiger partial charge in [0.15, 0.2) is 16.8 Å². The molecule has 158 valence electrons. The van der Waals surface area contributed by atoms with Gasteiger partial charge in [0, 0.05) is 22.2 Å². The summed E-state index contributed by atoms with van der Waals surface area (Å²) in [4.78, 5) is 4.51. The van der Waals surface area contributed by atoms with Gasteiger partial charge in [-0.25, -0.2) is 0 Å². The zero-order valence-corrected chi connectivity index (χ0v) is 18.4. The van der Waals surface area contributed by atoms with Crippen molar-refractivity contribution in [3.05, 3.63) is 65.3 Å². The first kappa shape index (κ1) is 20.1. The molecule has 1 saturated carbocycles. The lowest BCUT2D eigenvalue weighted by molar-refractivity contribution is 0.340. The van der Waals surface area contributed by atoms with Crippen LogP contribution in [0.2, 0.25) is 5.02 Å². The molecule has 31 heavy (non-hydrogen) atoms. The molecule has 0 saturated heterocycles. The Morgan fingerprint density at radius 3 is 2.74 bits per heavy atom. The standard InChI is InChI=1S/C22H20ClN5O2S/c1-2-29-18-10-8-17(9-11-18)28-20(15-4-3-5-16(23)12-15)25-26-22(28)31-13-19-24-21(30-27-19)14-6-7-14/h3-5,8-12,14H,2,6-7,13H2,1H3. The Morgan fingerprint density at radius 2 is 2.00 bits per heavy atom. The molecule has 0 aliphatic heterocycles. The van der Waals surface area contributed by atoms with Crippen molar-refractivity contribution in [2.24, 2.45) is 0 Å². The molecule has 0 spiro atoms. The molecular formula is C22H20ClN5O2S. The molecule has 0 atom stereocenters. The summed E-state index contributed by atoms with van der Waals surface area (Å²) >= 11 is 7.74. The fraction of sp³-hybridized carbons (Fsp3) is 0.273. The zero-order chi connectivity index (χ0) is 21.2. The van der Waals surface area contributed by atoms with E-state index < -0.39 is 0 Å². The molecule has 4 aromatic rings. The smallest absolute Gasteiger partial charge is 0.229 e. The minimum absolute atomic E-state index is 0.438. The first-order valence-corrected chi connectivity index (χ1v) is 11.5. The van der Waals surface area contributed by atoms with Crippen LogP contribution in [0.25, 0.3) is 17.1 Å². The van der Waals surface area contributed by atoms with Gasteiger partial charge >= 0.3 is 0 Å². The monoisotopic (exact) mass is 453 g/mol. The SMILES string of the molecule is CCOc1ccc(-n2c(SCc3noc(C4CC4)n3)nnc2-c2cccc(Cl)c2)cc1. The molecule has 2 heterocycles. The van der Waals surface area contributed by atoms with E-state index in [1.165, 1.54) is 11.8 Å². The largest absolute Gasteiger partial charge is 0.494 e. The van der Waals surface area contributed by atoms with E-state index in [9.17, 15) is 0 Å². The van der Waals surface area contributed by atoms with Crippen LogP contribution in [0, 0.1) is 0 Å². The summed E-state index contributed by atoms with van der Waals surface area (Å²) in [5.74, 6) is 3.91. The average molecular weight is 454 g/mol. The maximum atomic E-state index is 6.22. The van der Waals surface area contributed by atoms with Crippen LogP contribution in [-0.2, 0) is 5.75 Å². The number of halogens is 1. The van der Waals surface area contributed by atoms with E-state index in [4.69, 9.17) is 20.9 Å². The van der Waals surface area contributed by atoms with Crippen LogP contribution in [0.15, 0.2) is 58.2 Å². The molecule has 0 unspecified atom stereocenters. The maximum absolute atomic E-state index is 6.22. The van der Waals surface area contributed by atoms with Crippen molar-refractivity contribution in [3.63, 3.8) is 0 Å². The Labute approximate surface area is 188 Å². The first-order valence-electron chi connectivity index (χ1n) is 10.1. The van der Waals surface area contributed by atoms with Crippen molar-refractivity contribution in [2.75, 3.05) is 6.61 Å². The maximum Gasteiger partial charge on any atom is 0.229 e. The summed E-state index contributed by atoms with van der Waals surface area (Å²) < 4.78 is 13.0. The molecule has 2 aromatic heterocycles. The second-order valence-corrected chi connectivity index (χ2v) is 8.57. The highest BCUT2D eigenvalue weighted by atomic mass is 35.5. The lowest BCUT2D eigenvalue weighted by Gasteiger charge is -2.11. The zero-order valence-electron chi connectivity index (χ0n) is 16.9. The van der Waals surface area contributed by atoms with Gasteiger partial charge in [-0.3, -0.25) is 4.57 Å². The Morgan fingerprint density at radius 1 is 1.16 bits per heavy atom. The number of hydrogen-bond donors (Lipinski definition) is 0. The Hall–Kier alpha value is -2.84. The molecule has 7 nitrogen and oxygen atoms in total. The molecule has 2 aromatic carbocycles. The van der Waals surface area contributed by atoms with E-state index >= 15 is 0 Å². The van der Waals surface area contributed by atoms with Gasteiger partial charge in [0.25, 0.3) is 0 Å². The van der Waals surface area contributed by atoms with Crippen molar-refractivity contribution < 1.29 is 9.26 Å². The third kappa shape index (κ3) is 4.45. The van der Waals surface area contributed by atoms with E-state index in [1.54, 1.807) is 0 Å². The van der Waals surface area contributed by atoms with Crippen LogP contribution in [-0.4, -0.2) is 31.5 Å². The molecule has 9 heteroatoms. The van der Waals surface area contributed by atoms with E-state index in [-0.39, 0.29) is 0 Å². The second-order valence-electron chi connectivity index (χ2n) is 7.19. The Kier molecular flexibility index (Phi) is 5.65. The van der Waals surface area contributed by atoms with Gasteiger partial charge in [-0.2, -0.15) is 4.98 Å². The molecule has 0 radical (unpaired) electrons. The summed E-state index contributed by atoms with van der Waals surface area (Å²) in [6.45, 7) is 2.58. The number of hydrogen-bond acceptors (Lipinski definition) is 7. The van der Waals surface area contributed by atoms with Gasteiger partial charge in [0.2, 0.25) is 5.89 Å². The molecule has 0 bridgehead atoms. The summed E-state index contributed by atoms with van der Waals surface area (Å²) in [6.07, 6.45) is 2.26. The molecule has 1 aliphatic rings. The third-order valence-corrected chi connectivity index (χ3v) is 6.02. The lowest BCUT2D eigenvalue weighted by Crippen LogP contribution is -2.00. The first-order chi connectivity index (χ1) is 15.2. The number of thioether (sulfide) groups is 1. The van der Waals surface area contributed by atoms with Gasteiger partial charge in [-0.05, 0) is 56.2 Å². The van der Waals surface area contributed by atoms with E-state index in [1.807, 2.05) is 60.0 Å². The van der Waals surface area contributed by atoms with E-state index in [2.05, 4.69) is 20.3 Å². The predicted octanol–water partition coefficient (Wildman–Crippen LogP) is 5.54.